The molecule has 0 atom stereocenters. The first-order chi connectivity index (χ1) is 5.45. The van der Waals surface area contributed by atoms with Crippen molar-refractivity contribution < 1.29 is 0 Å². The third-order valence-electron chi connectivity index (χ3n) is 2.05. The molecule has 0 saturated carbocycles. The van der Waals surface area contributed by atoms with Crippen molar-refractivity contribution in [1.29, 1.82) is 0 Å². The van der Waals surface area contributed by atoms with E-state index in [1.165, 1.54) is 16.5 Å². The van der Waals surface area contributed by atoms with Gasteiger partial charge in [0.25, 0.3) is 0 Å². The normalized spacial score (nSPS) is 13.1. The summed E-state index contributed by atoms with van der Waals surface area (Å²) >= 11 is 0. The van der Waals surface area contributed by atoms with E-state index in [1.807, 2.05) is 23.2 Å². The Hall–Kier alpha value is -1.57. The monoisotopic (exact) mass is 142 g/mol. The van der Waals surface area contributed by atoms with Crippen LogP contribution in [0.4, 0.5) is 0 Å². The Labute approximate surface area is 63.8 Å². The maximum atomic E-state index is 4.06. The lowest BCUT2D eigenvalue weighted by Gasteiger charge is -2.05. The van der Waals surface area contributed by atoms with Crippen LogP contribution in [0.1, 0.15) is 5.69 Å². The first-order valence-electron chi connectivity index (χ1n) is 3.59. The van der Waals surface area contributed by atoms with Gasteiger partial charge in [-0.2, -0.15) is 5.10 Å². The predicted molar refractivity (Wildman–Crippen MR) is 44.9 cm³/mol. The average molecular weight is 142 g/mol. The molecular weight excluding hydrogens is 136 g/mol. The van der Waals surface area contributed by atoms with Crippen molar-refractivity contribution in [3.8, 4) is 0 Å². The molecule has 2 nitrogen and oxygen atoms in total. The van der Waals surface area contributed by atoms with E-state index in [4.69, 9.17) is 0 Å². The zero-order chi connectivity index (χ0) is 7.26. The zero-order valence-electron chi connectivity index (χ0n) is 5.86. The van der Waals surface area contributed by atoms with Gasteiger partial charge in [0.2, 0.25) is 0 Å². The molecule has 52 valence electrons. The van der Waals surface area contributed by atoms with Gasteiger partial charge in [-0.05, 0) is 0 Å². The Morgan fingerprint density at radius 2 is 2.09 bits per heavy atom. The van der Waals surface area contributed by atoms with Gasteiger partial charge < -0.3 is 0 Å². The topological polar surface area (TPSA) is 17.3 Å². The molecule has 1 aliphatic heterocycles. The smallest absolute Gasteiger partial charge is 0.0925 e. The van der Waals surface area contributed by atoms with Crippen LogP contribution in [0, 0.1) is 0 Å². The summed E-state index contributed by atoms with van der Waals surface area (Å²) in [6, 6.07) is 8.31. The molecule has 0 radical (unpaired) electrons. The standard InChI is InChI=1S/C9H6N2/c1-2-4-8-7(3-1)6-11-9(8)5-10-11/h1-6H. The fraction of sp³-hybridized carbons (Fsp3) is 0. The van der Waals surface area contributed by atoms with Crippen LogP contribution in [0.25, 0.3) is 10.8 Å². The number of fused-ring (bicyclic) bond motifs is 3. The molecule has 0 spiro atoms. The highest BCUT2D eigenvalue weighted by Gasteiger charge is 2.10. The second-order valence-corrected chi connectivity index (χ2v) is 2.69. The molecule has 2 heterocycles. The third-order valence-corrected chi connectivity index (χ3v) is 2.05. The number of rotatable bonds is 0. The minimum Gasteiger partial charge on any atom is -0.238 e. The Morgan fingerprint density at radius 3 is 2.91 bits per heavy atom. The highest BCUT2D eigenvalue weighted by Crippen LogP contribution is 2.22. The van der Waals surface area contributed by atoms with Crippen molar-refractivity contribution in [2.75, 3.05) is 0 Å². The summed E-state index contributed by atoms with van der Waals surface area (Å²) in [4.78, 5) is 0. The summed E-state index contributed by atoms with van der Waals surface area (Å²) in [5.74, 6) is 0. The number of hydrogen-bond donors (Lipinski definition) is 0. The molecule has 0 fully saturated rings. The van der Waals surface area contributed by atoms with Crippen LogP contribution in [0.15, 0.2) is 35.6 Å². The molecule has 2 heteroatoms. The molecule has 11 heavy (non-hydrogen) atoms. The van der Waals surface area contributed by atoms with Crippen molar-refractivity contribution in [2.24, 2.45) is 5.10 Å². The summed E-state index contributed by atoms with van der Waals surface area (Å²) in [5, 5.41) is 6.62. The Kier molecular flexibility index (Phi) is 0.714. The fourth-order valence-electron chi connectivity index (χ4n) is 1.45. The summed E-state index contributed by atoms with van der Waals surface area (Å²) in [7, 11) is 0. The van der Waals surface area contributed by atoms with E-state index in [1.54, 1.807) is 0 Å². The highest BCUT2D eigenvalue weighted by atomic mass is 15.4. The van der Waals surface area contributed by atoms with Gasteiger partial charge in [-0.25, -0.2) is 4.68 Å². The van der Waals surface area contributed by atoms with Crippen LogP contribution in [0.2, 0.25) is 0 Å². The SMILES string of the molecule is C1=Nn2cc3ccccc3c21. The molecular formula is C9H6N2. The summed E-state index contributed by atoms with van der Waals surface area (Å²) in [6.45, 7) is 0. The van der Waals surface area contributed by atoms with Crippen LogP contribution < -0.4 is 0 Å². The first-order valence-corrected chi connectivity index (χ1v) is 3.59. The molecule has 3 rings (SSSR count). The summed E-state index contributed by atoms with van der Waals surface area (Å²) in [5.41, 5.74) is 1.22. The Morgan fingerprint density at radius 1 is 1.18 bits per heavy atom. The number of benzene rings is 1. The largest absolute Gasteiger partial charge is 0.238 e. The van der Waals surface area contributed by atoms with E-state index >= 15 is 0 Å². The molecule has 1 aromatic heterocycles. The van der Waals surface area contributed by atoms with Gasteiger partial charge in [-0.15, -0.1) is 0 Å². The highest BCUT2D eigenvalue weighted by molar-refractivity contribution is 6.01. The molecule has 0 bridgehead atoms. The van der Waals surface area contributed by atoms with Crippen LogP contribution in [-0.2, 0) is 0 Å². The molecule has 0 amide bonds. The average Bonchev–Trinajstić information content (AvgIpc) is 2.23. The molecule has 0 unspecified atom stereocenters. The van der Waals surface area contributed by atoms with Crippen molar-refractivity contribution in [1.82, 2.24) is 4.68 Å². The minimum absolute atomic E-state index is 1.22. The van der Waals surface area contributed by atoms with E-state index in [0.29, 0.717) is 0 Å². The van der Waals surface area contributed by atoms with E-state index in [9.17, 15) is 0 Å². The molecule has 0 saturated heterocycles. The second kappa shape index (κ2) is 1.53. The zero-order valence-corrected chi connectivity index (χ0v) is 5.86. The number of nitrogens with zero attached hydrogens (tertiary/aromatic N) is 2. The van der Waals surface area contributed by atoms with Crippen LogP contribution in [0.3, 0.4) is 0 Å². The molecule has 0 aliphatic carbocycles. The summed E-state index contributed by atoms with van der Waals surface area (Å²) < 4.78 is 1.91. The maximum absolute atomic E-state index is 4.06. The predicted octanol–water partition coefficient (Wildman–Crippen LogP) is 1.84. The van der Waals surface area contributed by atoms with Crippen molar-refractivity contribution in [2.45, 2.75) is 0 Å². The van der Waals surface area contributed by atoms with Gasteiger partial charge in [-0.1, -0.05) is 24.3 Å². The van der Waals surface area contributed by atoms with Gasteiger partial charge in [-0.3, -0.25) is 0 Å². The van der Waals surface area contributed by atoms with Crippen molar-refractivity contribution >= 4 is 17.0 Å². The van der Waals surface area contributed by atoms with Crippen LogP contribution in [0.5, 0.6) is 0 Å². The van der Waals surface area contributed by atoms with Crippen molar-refractivity contribution in [3.63, 3.8) is 0 Å². The Balaban J connectivity index is 2.56. The van der Waals surface area contributed by atoms with E-state index in [0.717, 1.165) is 0 Å². The van der Waals surface area contributed by atoms with E-state index in [2.05, 4.69) is 23.3 Å². The first kappa shape index (κ1) is 5.13. The van der Waals surface area contributed by atoms with Crippen molar-refractivity contribution in [3.05, 3.63) is 36.2 Å². The van der Waals surface area contributed by atoms with Gasteiger partial charge in [0, 0.05) is 17.0 Å². The second-order valence-electron chi connectivity index (χ2n) is 2.69. The van der Waals surface area contributed by atoms with E-state index in [-0.39, 0.29) is 0 Å². The van der Waals surface area contributed by atoms with Crippen LogP contribution >= 0.6 is 0 Å². The molecule has 0 N–H and O–H groups in total. The minimum atomic E-state index is 1.22. The lowest BCUT2D eigenvalue weighted by Crippen LogP contribution is -2.03. The van der Waals surface area contributed by atoms with Gasteiger partial charge in [0.15, 0.2) is 0 Å². The van der Waals surface area contributed by atoms with Gasteiger partial charge >= 0.3 is 0 Å². The van der Waals surface area contributed by atoms with Gasteiger partial charge in [0.05, 0.1) is 11.9 Å². The lowest BCUT2D eigenvalue weighted by molar-refractivity contribution is 0.846. The van der Waals surface area contributed by atoms with Gasteiger partial charge in [0.1, 0.15) is 0 Å². The van der Waals surface area contributed by atoms with Crippen LogP contribution in [-0.4, -0.2) is 10.9 Å². The number of hydrogen-bond acceptors (Lipinski definition) is 1. The summed E-state index contributed by atoms with van der Waals surface area (Å²) in [6.07, 6.45) is 3.94. The maximum Gasteiger partial charge on any atom is 0.0925 e. The molecule has 1 aromatic carbocycles. The number of aromatic nitrogens is 1. The lowest BCUT2D eigenvalue weighted by atomic mass is 10.2. The molecule has 2 aromatic rings. The van der Waals surface area contributed by atoms with E-state index < -0.39 is 0 Å². The Bertz CT molecular complexity index is 452. The quantitative estimate of drug-likeness (QED) is 0.455. The third kappa shape index (κ3) is 0.499. The fourth-order valence-corrected chi connectivity index (χ4v) is 1.45. The molecule has 1 aliphatic rings.